The van der Waals surface area contributed by atoms with Crippen molar-refractivity contribution in [2.45, 2.75) is 72.4 Å². The van der Waals surface area contributed by atoms with Crippen molar-refractivity contribution in [2.75, 3.05) is 24.7 Å². The summed E-state index contributed by atoms with van der Waals surface area (Å²) in [6.45, 7) is 10.1. The van der Waals surface area contributed by atoms with Gasteiger partial charge in [0.05, 0.1) is 0 Å². The normalized spacial score (nSPS) is 15.3. The highest BCUT2D eigenvalue weighted by Crippen LogP contribution is 2.34. The molecule has 2 aliphatic rings. The van der Waals surface area contributed by atoms with Crippen molar-refractivity contribution in [3.8, 4) is 11.1 Å². The van der Waals surface area contributed by atoms with Gasteiger partial charge in [0.15, 0.2) is 0 Å². The van der Waals surface area contributed by atoms with E-state index in [2.05, 4.69) is 33.2 Å². The number of H-pyrrole nitrogens is 1. The van der Waals surface area contributed by atoms with Crippen molar-refractivity contribution in [3.63, 3.8) is 0 Å². The van der Waals surface area contributed by atoms with Gasteiger partial charge in [0, 0.05) is 72.2 Å². The van der Waals surface area contributed by atoms with E-state index < -0.39 is 5.95 Å². The van der Waals surface area contributed by atoms with Gasteiger partial charge in [-0.25, -0.2) is 4.98 Å². The molecule has 5 rings (SSSR count). The third-order valence-electron chi connectivity index (χ3n) is 8.29. The van der Waals surface area contributed by atoms with Crippen LogP contribution in [0.15, 0.2) is 29.2 Å². The molecule has 39 heavy (non-hydrogen) atoms. The predicted octanol–water partition coefficient (Wildman–Crippen LogP) is 4.93. The van der Waals surface area contributed by atoms with E-state index in [-0.39, 0.29) is 18.0 Å². The molecule has 8 heteroatoms. The van der Waals surface area contributed by atoms with Crippen LogP contribution in [-0.2, 0) is 24.1 Å². The minimum Gasteiger partial charge on any atom is -0.381 e. The summed E-state index contributed by atoms with van der Waals surface area (Å²) in [4.78, 5) is 35.8. The van der Waals surface area contributed by atoms with Crippen LogP contribution in [-0.4, -0.2) is 41.7 Å². The molecule has 1 aromatic carbocycles. The molecule has 0 atom stereocenters. The van der Waals surface area contributed by atoms with Crippen LogP contribution in [0.1, 0.15) is 70.1 Å². The molecule has 3 heterocycles. The zero-order chi connectivity index (χ0) is 27.7. The molecule has 206 valence electrons. The Morgan fingerprint density at radius 3 is 2.59 bits per heavy atom. The first kappa shape index (κ1) is 27.1. The fourth-order valence-electron chi connectivity index (χ4n) is 6.14. The fourth-order valence-corrected chi connectivity index (χ4v) is 6.14. The summed E-state index contributed by atoms with van der Waals surface area (Å²) in [6.07, 6.45) is 6.17. The van der Waals surface area contributed by atoms with Gasteiger partial charge in [-0.1, -0.05) is 0 Å². The number of amides is 1. The molecule has 1 amide bonds. The maximum Gasteiger partial charge on any atom is 0.253 e. The third kappa shape index (κ3) is 5.35. The summed E-state index contributed by atoms with van der Waals surface area (Å²) in [7, 11) is 0. The molecule has 1 saturated heterocycles. The van der Waals surface area contributed by atoms with E-state index in [4.69, 9.17) is 4.74 Å². The maximum absolute atomic E-state index is 14.0. The van der Waals surface area contributed by atoms with E-state index in [1.165, 1.54) is 11.8 Å². The molecule has 3 aromatic rings. The number of aromatic nitrogens is 2. The molecule has 0 radical (unpaired) electrons. The number of carbonyl (C=O) groups excluding carboxylic acids is 1. The smallest absolute Gasteiger partial charge is 0.253 e. The Morgan fingerprint density at radius 2 is 1.87 bits per heavy atom. The fraction of sp³-hybridized carbons (Fsp3) is 0.452. The van der Waals surface area contributed by atoms with Crippen molar-refractivity contribution < 1.29 is 13.9 Å². The van der Waals surface area contributed by atoms with Gasteiger partial charge in [-0.05, 0) is 100 Å². The zero-order valence-corrected chi connectivity index (χ0v) is 23.2. The predicted molar refractivity (Wildman–Crippen MR) is 151 cm³/mol. The molecule has 7 nitrogen and oxygen atoms in total. The Bertz CT molecular complexity index is 1460. The lowest BCUT2D eigenvalue weighted by Crippen LogP contribution is -2.40. The molecule has 1 aliphatic heterocycles. The van der Waals surface area contributed by atoms with Crippen molar-refractivity contribution in [1.82, 2.24) is 15.3 Å². The average molecular weight is 533 g/mol. The highest BCUT2D eigenvalue weighted by molar-refractivity contribution is 5.99. The number of aryl methyl sites for hydroxylation is 2. The van der Waals surface area contributed by atoms with E-state index in [9.17, 15) is 14.0 Å². The van der Waals surface area contributed by atoms with E-state index in [0.29, 0.717) is 35.9 Å². The molecule has 0 bridgehead atoms. The highest BCUT2D eigenvalue weighted by atomic mass is 19.1. The van der Waals surface area contributed by atoms with Gasteiger partial charge in [-0.3, -0.25) is 9.59 Å². The van der Waals surface area contributed by atoms with Gasteiger partial charge in [-0.2, -0.15) is 4.39 Å². The monoisotopic (exact) mass is 532 g/mol. The van der Waals surface area contributed by atoms with E-state index >= 15 is 0 Å². The number of halogens is 1. The van der Waals surface area contributed by atoms with Crippen LogP contribution in [0.3, 0.4) is 0 Å². The van der Waals surface area contributed by atoms with Gasteiger partial charge in [0.1, 0.15) is 0 Å². The number of nitrogens with zero attached hydrogens (tertiary/aromatic N) is 2. The second kappa shape index (κ2) is 11.3. The number of aromatic amines is 1. The lowest BCUT2D eigenvalue weighted by Gasteiger charge is -2.37. The molecule has 2 aromatic heterocycles. The lowest BCUT2D eigenvalue weighted by atomic mass is 9.95. The van der Waals surface area contributed by atoms with Gasteiger partial charge in [-0.15, -0.1) is 0 Å². The first-order valence-electron chi connectivity index (χ1n) is 13.9. The Labute approximate surface area is 228 Å². The topological polar surface area (TPSA) is 87.3 Å². The molecule has 1 aliphatic carbocycles. The summed E-state index contributed by atoms with van der Waals surface area (Å²) in [5.74, 6) is -0.741. The van der Waals surface area contributed by atoms with Crippen molar-refractivity contribution >= 4 is 11.6 Å². The summed E-state index contributed by atoms with van der Waals surface area (Å²) < 4.78 is 19.6. The molecule has 2 N–H and O–H groups in total. The first-order valence-corrected chi connectivity index (χ1v) is 13.9. The first-order chi connectivity index (χ1) is 18.8. The van der Waals surface area contributed by atoms with Crippen LogP contribution in [0, 0.1) is 26.7 Å². The lowest BCUT2D eigenvalue weighted by molar-refractivity contribution is 0.0846. The average Bonchev–Trinajstić information content (AvgIpc) is 3.42. The number of nitrogens with one attached hydrogen (secondary N) is 2. The van der Waals surface area contributed by atoms with Gasteiger partial charge >= 0.3 is 0 Å². The number of anilines is 1. The number of ether oxygens (including phenoxy) is 1. The quantitative estimate of drug-likeness (QED) is 0.422. The SMILES string of the molecule is CCN(c1cc(-c2cnc(F)c(C)c2)cc(C(=O)NCc2c3c(c(C)[nH]c2=O)CCC3)c1C)C1CCOCC1. The van der Waals surface area contributed by atoms with Crippen LogP contribution >= 0.6 is 0 Å². The van der Waals surface area contributed by atoms with E-state index in [1.807, 2.05) is 19.9 Å². The molecule has 0 unspecified atom stereocenters. The Morgan fingerprint density at radius 1 is 1.13 bits per heavy atom. The Balaban J connectivity index is 1.53. The van der Waals surface area contributed by atoms with Crippen LogP contribution in [0.5, 0.6) is 0 Å². The van der Waals surface area contributed by atoms with Crippen LogP contribution in [0.4, 0.5) is 10.1 Å². The number of rotatable bonds is 7. The van der Waals surface area contributed by atoms with Crippen molar-refractivity contribution in [2.24, 2.45) is 0 Å². The van der Waals surface area contributed by atoms with E-state index in [1.54, 1.807) is 13.0 Å². The summed E-state index contributed by atoms with van der Waals surface area (Å²) in [5.41, 5.74) is 8.10. The largest absolute Gasteiger partial charge is 0.381 e. The second-order valence-corrected chi connectivity index (χ2v) is 10.7. The second-order valence-electron chi connectivity index (χ2n) is 10.7. The molecular formula is C31H37FN4O3. The van der Waals surface area contributed by atoms with Gasteiger partial charge < -0.3 is 19.9 Å². The van der Waals surface area contributed by atoms with Gasteiger partial charge in [0.25, 0.3) is 11.5 Å². The molecular weight excluding hydrogens is 495 g/mol. The minimum atomic E-state index is -0.503. The van der Waals surface area contributed by atoms with E-state index in [0.717, 1.165) is 72.3 Å². The maximum atomic E-state index is 14.0. The number of fused-ring (bicyclic) bond motifs is 1. The van der Waals surface area contributed by atoms with Crippen LogP contribution in [0.2, 0.25) is 0 Å². The number of hydrogen-bond donors (Lipinski definition) is 2. The minimum absolute atomic E-state index is 0.135. The number of carbonyl (C=O) groups is 1. The number of pyridine rings is 2. The Kier molecular flexibility index (Phi) is 7.84. The molecule has 0 saturated carbocycles. The zero-order valence-electron chi connectivity index (χ0n) is 23.2. The number of hydrogen-bond acceptors (Lipinski definition) is 5. The van der Waals surface area contributed by atoms with Gasteiger partial charge in [0.2, 0.25) is 5.95 Å². The van der Waals surface area contributed by atoms with Crippen LogP contribution in [0.25, 0.3) is 11.1 Å². The molecule has 1 fully saturated rings. The summed E-state index contributed by atoms with van der Waals surface area (Å²) >= 11 is 0. The molecule has 0 spiro atoms. The van der Waals surface area contributed by atoms with Crippen molar-refractivity contribution in [3.05, 3.63) is 79.8 Å². The number of benzene rings is 1. The highest BCUT2D eigenvalue weighted by Gasteiger charge is 2.26. The van der Waals surface area contributed by atoms with Crippen LogP contribution < -0.4 is 15.8 Å². The third-order valence-corrected chi connectivity index (χ3v) is 8.29. The van der Waals surface area contributed by atoms with Crippen molar-refractivity contribution in [1.29, 1.82) is 0 Å². The Hall–Kier alpha value is -3.52. The summed E-state index contributed by atoms with van der Waals surface area (Å²) in [5, 5.41) is 3.04. The summed E-state index contributed by atoms with van der Waals surface area (Å²) in [6, 6.07) is 6.00. The standard InChI is InChI=1S/C31H37FN4O3/c1-5-36(23-9-11-39-12-10-23)28-15-21(22-13-18(2)29(32)33-16-22)14-26(19(28)3)30(37)34-17-27-25-8-6-7-24(25)20(4)35-31(27)38/h13-16,23H,5-12,17H2,1-4H3,(H,34,37)(H,35,38).